The van der Waals surface area contributed by atoms with E-state index in [4.69, 9.17) is 4.42 Å². The maximum Gasteiger partial charge on any atom is 0.221 e. The number of fused-ring (bicyclic) bond motifs is 1. The van der Waals surface area contributed by atoms with Crippen molar-refractivity contribution in [3.05, 3.63) is 65.8 Å². The minimum Gasteiger partial charge on any atom is -0.458 e. The topological polar surface area (TPSA) is 56.0 Å². The molecule has 0 unspecified atom stereocenters. The van der Waals surface area contributed by atoms with E-state index in [1.54, 1.807) is 25.1 Å². The molecule has 98 valence electrons. The molecular weight excluding hydrogens is 252 g/mol. The van der Waals surface area contributed by atoms with Crippen LogP contribution in [0.3, 0.4) is 0 Å². The average Bonchev–Trinajstić information content (AvgIpc) is 2.91. The molecule has 2 heterocycles. The molecule has 0 atom stereocenters. The van der Waals surface area contributed by atoms with Crippen LogP contribution >= 0.6 is 0 Å². The number of carbonyl (C=O) groups is 1. The predicted octanol–water partition coefficient (Wildman–Crippen LogP) is 3.43. The van der Waals surface area contributed by atoms with Gasteiger partial charge in [-0.3, -0.25) is 4.79 Å². The Bertz CT molecular complexity index is 803. The van der Waals surface area contributed by atoms with Gasteiger partial charge >= 0.3 is 0 Å². The fourth-order valence-electron chi connectivity index (χ4n) is 1.89. The van der Waals surface area contributed by atoms with Gasteiger partial charge in [-0.05, 0) is 43.3 Å². The summed E-state index contributed by atoms with van der Waals surface area (Å²) < 4.78 is 5.27. The molecule has 0 aliphatic carbocycles. The van der Waals surface area contributed by atoms with Gasteiger partial charge < -0.3 is 4.42 Å². The van der Waals surface area contributed by atoms with Crippen molar-refractivity contribution >= 4 is 22.8 Å². The lowest BCUT2D eigenvalue weighted by atomic mass is 10.2. The van der Waals surface area contributed by atoms with E-state index in [0.29, 0.717) is 17.2 Å². The van der Waals surface area contributed by atoms with Gasteiger partial charge in [-0.2, -0.15) is 5.10 Å². The number of aryl methyl sites for hydroxylation is 1. The molecule has 3 aromatic rings. The van der Waals surface area contributed by atoms with Gasteiger partial charge in [0, 0.05) is 5.39 Å². The van der Waals surface area contributed by atoms with Crippen LogP contribution in [0.25, 0.3) is 17.0 Å². The molecule has 2 aromatic heterocycles. The van der Waals surface area contributed by atoms with Crippen LogP contribution in [0.1, 0.15) is 22.0 Å². The summed E-state index contributed by atoms with van der Waals surface area (Å²) in [6, 6.07) is 13.0. The first-order chi connectivity index (χ1) is 9.72. The number of hydrogen-bond donors (Lipinski definition) is 0. The van der Waals surface area contributed by atoms with Crippen LogP contribution in [0.4, 0.5) is 0 Å². The number of nitrogens with zero attached hydrogens (tertiary/aromatic N) is 2. The summed E-state index contributed by atoms with van der Waals surface area (Å²) >= 11 is 0. The van der Waals surface area contributed by atoms with Gasteiger partial charge in [0.25, 0.3) is 0 Å². The van der Waals surface area contributed by atoms with Crippen molar-refractivity contribution in [1.29, 1.82) is 0 Å². The second-order valence-corrected chi connectivity index (χ2v) is 4.44. The third-order valence-electron chi connectivity index (χ3n) is 2.90. The molecule has 0 aliphatic rings. The van der Waals surface area contributed by atoms with Gasteiger partial charge in [-0.15, -0.1) is 5.10 Å². The number of carbonyl (C=O) groups excluding carboxylic acids is 1. The number of furan rings is 1. The van der Waals surface area contributed by atoms with Crippen molar-refractivity contribution in [3.63, 3.8) is 0 Å². The minimum atomic E-state index is -0.187. The highest BCUT2D eigenvalue weighted by Crippen LogP contribution is 2.12. The minimum absolute atomic E-state index is 0.187. The maximum absolute atomic E-state index is 11.9. The Morgan fingerprint density at radius 2 is 2.00 bits per heavy atom. The van der Waals surface area contributed by atoms with Gasteiger partial charge in [0.1, 0.15) is 5.76 Å². The van der Waals surface area contributed by atoms with Crippen LogP contribution in [0, 0.1) is 6.92 Å². The first-order valence-corrected chi connectivity index (χ1v) is 6.24. The molecule has 0 amide bonds. The first kappa shape index (κ1) is 12.3. The van der Waals surface area contributed by atoms with E-state index in [-0.39, 0.29) is 5.78 Å². The third kappa shape index (κ3) is 2.49. The molecule has 0 fully saturated rings. The normalized spacial score (nSPS) is 11.2. The number of benzene rings is 1. The van der Waals surface area contributed by atoms with Gasteiger partial charge in [-0.1, -0.05) is 18.2 Å². The Morgan fingerprint density at radius 3 is 2.80 bits per heavy atom. The predicted molar refractivity (Wildman–Crippen MR) is 76.3 cm³/mol. The Labute approximate surface area is 115 Å². The molecule has 3 rings (SSSR count). The molecular formula is C16H12N2O2. The molecule has 20 heavy (non-hydrogen) atoms. The van der Waals surface area contributed by atoms with Crippen LogP contribution in [0.5, 0.6) is 0 Å². The molecule has 0 saturated heterocycles. The van der Waals surface area contributed by atoms with E-state index >= 15 is 0 Å². The molecule has 4 heteroatoms. The quantitative estimate of drug-likeness (QED) is 0.537. The van der Waals surface area contributed by atoms with Crippen LogP contribution in [-0.4, -0.2) is 16.0 Å². The molecule has 0 spiro atoms. The van der Waals surface area contributed by atoms with Gasteiger partial charge in [-0.25, -0.2) is 0 Å². The van der Waals surface area contributed by atoms with Gasteiger partial charge in [0.2, 0.25) is 5.78 Å². The fraction of sp³-hybridized carbons (Fsp3) is 0.0625. The Morgan fingerprint density at radius 1 is 1.15 bits per heavy atom. The molecule has 0 saturated carbocycles. The smallest absolute Gasteiger partial charge is 0.221 e. The summed E-state index contributed by atoms with van der Waals surface area (Å²) in [5.74, 6) is 0.854. The highest BCUT2D eigenvalue weighted by atomic mass is 16.3. The van der Waals surface area contributed by atoms with Crippen molar-refractivity contribution < 1.29 is 9.21 Å². The highest BCUT2D eigenvalue weighted by molar-refractivity contribution is 6.04. The van der Waals surface area contributed by atoms with Gasteiger partial charge in [0.15, 0.2) is 5.76 Å². The lowest BCUT2D eigenvalue weighted by Gasteiger charge is -1.96. The van der Waals surface area contributed by atoms with Crippen LogP contribution < -0.4 is 0 Å². The van der Waals surface area contributed by atoms with Crippen molar-refractivity contribution in [2.75, 3.05) is 0 Å². The summed E-state index contributed by atoms with van der Waals surface area (Å²) in [5, 5.41) is 9.15. The molecule has 0 bridgehead atoms. The van der Waals surface area contributed by atoms with Crippen LogP contribution in [-0.2, 0) is 0 Å². The SMILES string of the molecule is Cc1ccc(C(=O)/C=C/c2cc3ccccc3nn2)o1. The summed E-state index contributed by atoms with van der Waals surface area (Å²) in [6.07, 6.45) is 3.08. The summed E-state index contributed by atoms with van der Waals surface area (Å²) in [5.41, 5.74) is 1.47. The number of ketones is 1. The van der Waals surface area contributed by atoms with E-state index in [1.165, 1.54) is 6.08 Å². The van der Waals surface area contributed by atoms with Crippen molar-refractivity contribution in [2.24, 2.45) is 0 Å². The number of hydrogen-bond acceptors (Lipinski definition) is 4. The third-order valence-corrected chi connectivity index (χ3v) is 2.90. The second-order valence-electron chi connectivity index (χ2n) is 4.44. The summed E-state index contributed by atoms with van der Waals surface area (Å²) in [6.45, 7) is 1.80. The summed E-state index contributed by atoms with van der Waals surface area (Å²) in [4.78, 5) is 11.9. The zero-order chi connectivity index (χ0) is 13.9. The first-order valence-electron chi connectivity index (χ1n) is 6.24. The van der Waals surface area contributed by atoms with Crippen molar-refractivity contribution in [2.45, 2.75) is 6.92 Å². The second kappa shape index (κ2) is 5.09. The Hall–Kier alpha value is -2.75. The monoisotopic (exact) mass is 264 g/mol. The zero-order valence-corrected chi connectivity index (χ0v) is 10.9. The average molecular weight is 264 g/mol. The Kier molecular flexibility index (Phi) is 3.13. The lowest BCUT2D eigenvalue weighted by Crippen LogP contribution is -1.92. The van der Waals surface area contributed by atoms with Crippen molar-refractivity contribution in [3.8, 4) is 0 Å². The van der Waals surface area contributed by atoms with E-state index in [0.717, 1.165) is 10.9 Å². The number of rotatable bonds is 3. The number of allylic oxidation sites excluding steroid dienone is 1. The van der Waals surface area contributed by atoms with Crippen LogP contribution in [0.2, 0.25) is 0 Å². The van der Waals surface area contributed by atoms with Crippen molar-refractivity contribution in [1.82, 2.24) is 10.2 Å². The van der Waals surface area contributed by atoms with Crippen LogP contribution in [0.15, 0.2) is 53.0 Å². The van der Waals surface area contributed by atoms with E-state index in [9.17, 15) is 4.79 Å². The molecule has 0 N–H and O–H groups in total. The highest BCUT2D eigenvalue weighted by Gasteiger charge is 2.06. The molecule has 1 aromatic carbocycles. The summed E-state index contributed by atoms with van der Waals surface area (Å²) in [7, 11) is 0. The molecule has 4 nitrogen and oxygen atoms in total. The zero-order valence-electron chi connectivity index (χ0n) is 10.9. The van der Waals surface area contributed by atoms with E-state index < -0.39 is 0 Å². The van der Waals surface area contributed by atoms with E-state index in [1.807, 2.05) is 30.3 Å². The largest absolute Gasteiger partial charge is 0.458 e. The maximum atomic E-state index is 11.9. The molecule has 0 aliphatic heterocycles. The van der Waals surface area contributed by atoms with E-state index in [2.05, 4.69) is 10.2 Å². The fourth-order valence-corrected chi connectivity index (χ4v) is 1.89. The number of aromatic nitrogens is 2. The Balaban J connectivity index is 1.85. The lowest BCUT2D eigenvalue weighted by molar-refractivity contribution is 0.102. The molecule has 0 radical (unpaired) electrons. The standard InChI is InChI=1S/C16H12N2O2/c1-11-6-9-16(20-11)15(19)8-7-13-10-12-4-2-3-5-14(12)18-17-13/h2-10H,1H3/b8-7+. The van der Waals surface area contributed by atoms with Gasteiger partial charge in [0.05, 0.1) is 11.2 Å².